The number of rotatable bonds is 3. The minimum absolute atomic E-state index is 0.821. The smallest absolute Gasteiger partial charge is 0.151 e. The van der Waals surface area contributed by atoms with E-state index in [4.69, 9.17) is 5.10 Å². The van der Waals surface area contributed by atoms with Crippen molar-refractivity contribution >= 4 is 5.82 Å². The summed E-state index contributed by atoms with van der Waals surface area (Å²) >= 11 is 0. The highest BCUT2D eigenvalue weighted by Gasteiger charge is 2.20. The lowest BCUT2D eigenvalue weighted by molar-refractivity contribution is 0.677. The van der Waals surface area contributed by atoms with Crippen LogP contribution in [-0.2, 0) is 19.6 Å². The van der Waals surface area contributed by atoms with Crippen molar-refractivity contribution in [1.82, 2.24) is 9.78 Å². The molecule has 1 aromatic heterocycles. The van der Waals surface area contributed by atoms with Gasteiger partial charge in [0, 0.05) is 25.4 Å². The Balaban J connectivity index is 1.51. The van der Waals surface area contributed by atoms with Crippen LogP contribution in [0.1, 0.15) is 16.7 Å². The van der Waals surface area contributed by atoms with Crippen LogP contribution >= 0.6 is 0 Å². The van der Waals surface area contributed by atoms with Gasteiger partial charge in [0.2, 0.25) is 0 Å². The number of fused-ring (bicyclic) bond motifs is 1. The monoisotopic (exact) mass is 275 g/mol. The standard InChI is InChI=1S/C18H17N3/c1-2-6-15(7-3-1)12-21-11-10-18(19-21)20-13-16-8-4-5-9-17(16)14-20/h1-11H,12-14H2. The van der Waals surface area contributed by atoms with E-state index in [-0.39, 0.29) is 0 Å². The normalized spacial score (nSPS) is 13.4. The molecule has 104 valence electrons. The van der Waals surface area contributed by atoms with Gasteiger partial charge in [0.15, 0.2) is 5.82 Å². The zero-order chi connectivity index (χ0) is 14.1. The van der Waals surface area contributed by atoms with Crippen LogP contribution in [0, 0.1) is 0 Å². The SMILES string of the molecule is c1ccc(Cn2ccc(N3Cc4ccccc4C3)n2)cc1. The van der Waals surface area contributed by atoms with E-state index in [0.29, 0.717) is 0 Å². The molecule has 0 bridgehead atoms. The molecule has 0 aliphatic carbocycles. The highest BCUT2D eigenvalue weighted by molar-refractivity contribution is 5.46. The van der Waals surface area contributed by atoms with Crippen molar-refractivity contribution in [3.8, 4) is 0 Å². The maximum absolute atomic E-state index is 4.71. The molecular formula is C18H17N3. The lowest BCUT2D eigenvalue weighted by Crippen LogP contribution is -2.15. The van der Waals surface area contributed by atoms with E-state index in [9.17, 15) is 0 Å². The summed E-state index contributed by atoms with van der Waals surface area (Å²) in [6, 6.07) is 21.2. The molecule has 0 N–H and O–H groups in total. The lowest BCUT2D eigenvalue weighted by Gasteiger charge is -2.13. The summed E-state index contributed by atoms with van der Waals surface area (Å²) in [5.41, 5.74) is 4.10. The highest BCUT2D eigenvalue weighted by atomic mass is 15.3. The number of hydrogen-bond donors (Lipinski definition) is 0. The van der Waals surface area contributed by atoms with Crippen LogP contribution in [0.5, 0.6) is 0 Å². The third-order valence-electron chi connectivity index (χ3n) is 3.98. The highest BCUT2D eigenvalue weighted by Crippen LogP contribution is 2.26. The minimum atomic E-state index is 0.821. The summed E-state index contributed by atoms with van der Waals surface area (Å²) in [4.78, 5) is 2.33. The fraction of sp³-hybridized carbons (Fsp3) is 0.167. The molecule has 0 amide bonds. The molecule has 0 fully saturated rings. The molecule has 0 unspecified atom stereocenters. The number of benzene rings is 2. The number of nitrogens with zero attached hydrogens (tertiary/aromatic N) is 3. The Morgan fingerprint density at radius 2 is 1.48 bits per heavy atom. The van der Waals surface area contributed by atoms with Crippen LogP contribution in [-0.4, -0.2) is 9.78 Å². The topological polar surface area (TPSA) is 21.1 Å². The van der Waals surface area contributed by atoms with Crippen molar-refractivity contribution in [2.45, 2.75) is 19.6 Å². The Labute approximate surface area is 124 Å². The lowest BCUT2D eigenvalue weighted by atomic mass is 10.1. The Kier molecular flexibility index (Phi) is 2.96. The molecule has 3 aromatic rings. The predicted octanol–water partition coefficient (Wildman–Crippen LogP) is 3.45. The zero-order valence-electron chi connectivity index (χ0n) is 11.8. The predicted molar refractivity (Wildman–Crippen MR) is 84.1 cm³/mol. The van der Waals surface area contributed by atoms with Gasteiger partial charge >= 0.3 is 0 Å². The van der Waals surface area contributed by atoms with Crippen LogP contribution < -0.4 is 4.90 Å². The Bertz CT molecular complexity index is 721. The summed E-state index contributed by atoms with van der Waals surface area (Å²) in [7, 11) is 0. The first-order valence-electron chi connectivity index (χ1n) is 7.27. The van der Waals surface area contributed by atoms with E-state index < -0.39 is 0 Å². The molecule has 0 spiro atoms. The second kappa shape index (κ2) is 5.09. The van der Waals surface area contributed by atoms with Gasteiger partial charge in [-0.05, 0) is 16.7 Å². The number of hydrogen-bond acceptors (Lipinski definition) is 2. The van der Waals surface area contributed by atoms with E-state index in [1.807, 2.05) is 10.7 Å². The minimum Gasteiger partial charge on any atom is -0.346 e. The quantitative estimate of drug-likeness (QED) is 0.730. The van der Waals surface area contributed by atoms with Crippen molar-refractivity contribution in [2.75, 3.05) is 4.90 Å². The first-order valence-corrected chi connectivity index (χ1v) is 7.27. The zero-order valence-corrected chi connectivity index (χ0v) is 11.8. The third-order valence-corrected chi connectivity index (χ3v) is 3.98. The fourth-order valence-electron chi connectivity index (χ4n) is 2.87. The molecule has 0 saturated carbocycles. The molecule has 1 aliphatic rings. The van der Waals surface area contributed by atoms with Crippen LogP contribution in [0.3, 0.4) is 0 Å². The van der Waals surface area contributed by atoms with Crippen LogP contribution in [0.2, 0.25) is 0 Å². The van der Waals surface area contributed by atoms with Gasteiger partial charge < -0.3 is 4.90 Å². The fourth-order valence-corrected chi connectivity index (χ4v) is 2.87. The number of anilines is 1. The second-order valence-corrected chi connectivity index (χ2v) is 5.48. The van der Waals surface area contributed by atoms with E-state index in [2.05, 4.69) is 65.7 Å². The Hall–Kier alpha value is -2.55. The van der Waals surface area contributed by atoms with Crippen LogP contribution in [0.4, 0.5) is 5.82 Å². The first-order chi connectivity index (χ1) is 10.4. The molecular weight excluding hydrogens is 258 g/mol. The molecule has 3 nitrogen and oxygen atoms in total. The van der Waals surface area contributed by atoms with Crippen molar-refractivity contribution in [3.05, 3.63) is 83.6 Å². The van der Waals surface area contributed by atoms with E-state index in [1.54, 1.807) is 0 Å². The van der Waals surface area contributed by atoms with Crippen molar-refractivity contribution in [2.24, 2.45) is 0 Å². The van der Waals surface area contributed by atoms with Gasteiger partial charge in [0.05, 0.1) is 6.54 Å². The third kappa shape index (κ3) is 2.42. The van der Waals surface area contributed by atoms with Gasteiger partial charge in [0.25, 0.3) is 0 Å². The average Bonchev–Trinajstić information content (AvgIpc) is 3.14. The Morgan fingerprint density at radius 1 is 0.810 bits per heavy atom. The summed E-state index contributed by atoms with van der Waals surface area (Å²) in [6.07, 6.45) is 2.06. The molecule has 2 heterocycles. The van der Waals surface area contributed by atoms with Gasteiger partial charge in [-0.2, -0.15) is 5.10 Å². The molecule has 0 saturated heterocycles. The van der Waals surface area contributed by atoms with Crippen molar-refractivity contribution in [1.29, 1.82) is 0 Å². The van der Waals surface area contributed by atoms with Crippen LogP contribution in [0.15, 0.2) is 66.9 Å². The second-order valence-electron chi connectivity index (χ2n) is 5.48. The first kappa shape index (κ1) is 12.2. The molecule has 2 aromatic carbocycles. The Morgan fingerprint density at radius 3 is 2.19 bits per heavy atom. The average molecular weight is 275 g/mol. The summed E-state index contributed by atoms with van der Waals surface area (Å²) in [5, 5.41) is 4.71. The van der Waals surface area contributed by atoms with E-state index in [1.165, 1.54) is 16.7 Å². The van der Waals surface area contributed by atoms with Gasteiger partial charge in [-0.25, -0.2) is 0 Å². The molecule has 0 atom stereocenters. The maximum atomic E-state index is 4.71. The van der Waals surface area contributed by atoms with E-state index in [0.717, 1.165) is 25.5 Å². The molecule has 4 rings (SSSR count). The molecule has 21 heavy (non-hydrogen) atoms. The largest absolute Gasteiger partial charge is 0.346 e. The van der Waals surface area contributed by atoms with Crippen molar-refractivity contribution in [3.63, 3.8) is 0 Å². The van der Waals surface area contributed by atoms with Gasteiger partial charge in [0.1, 0.15) is 0 Å². The number of aromatic nitrogens is 2. The van der Waals surface area contributed by atoms with E-state index >= 15 is 0 Å². The molecule has 3 heteroatoms. The summed E-state index contributed by atoms with van der Waals surface area (Å²) < 4.78 is 2.01. The summed E-state index contributed by atoms with van der Waals surface area (Å²) in [6.45, 7) is 2.73. The van der Waals surface area contributed by atoms with Crippen molar-refractivity contribution < 1.29 is 0 Å². The van der Waals surface area contributed by atoms with Crippen LogP contribution in [0.25, 0.3) is 0 Å². The van der Waals surface area contributed by atoms with Gasteiger partial charge in [-0.15, -0.1) is 0 Å². The molecule has 1 aliphatic heterocycles. The van der Waals surface area contributed by atoms with Gasteiger partial charge in [-0.3, -0.25) is 4.68 Å². The summed E-state index contributed by atoms with van der Waals surface area (Å²) in [5.74, 6) is 1.06. The molecule has 0 radical (unpaired) electrons. The maximum Gasteiger partial charge on any atom is 0.151 e. The van der Waals surface area contributed by atoms with Gasteiger partial charge in [-0.1, -0.05) is 54.6 Å².